The summed E-state index contributed by atoms with van der Waals surface area (Å²) < 4.78 is 5.03. The number of pyridine rings is 1. The lowest BCUT2D eigenvalue weighted by Gasteiger charge is -2.29. The lowest BCUT2D eigenvalue weighted by atomic mass is 10.1. The standard InChI is InChI=1S/C12H17ClN2O/c1-16-12-5-4-10(7-14-12)8-15-6-2-3-11(13)9-15/h4-5,7,11H,2-3,6,8-9H2,1H3. The highest BCUT2D eigenvalue weighted by Crippen LogP contribution is 2.17. The number of likely N-dealkylation sites (tertiary alicyclic amines) is 1. The van der Waals surface area contributed by atoms with Crippen molar-refractivity contribution in [2.75, 3.05) is 20.2 Å². The molecule has 0 spiro atoms. The van der Waals surface area contributed by atoms with Crippen LogP contribution in [-0.2, 0) is 6.54 Å². The molecule has 16 heavy (non-hydrogen) atoms. The van der Waals surface area contributed by atoms with Gasteiger partial charge in [-0.2, -0.15) is 0 Å². The number of ether oxygens (including phenoxy) is 1. The van der Waals surface area contributed by atoms with Crippen molar-refractivity contribution in [1.29, 1.82) is 0 Å². The van der Waals surface area contributed by atoms with Crippen LogP contribution in [0.4, 0.5) is 0 Å². The molecular formula is C12H17ClN2O. The maximum atomic E-state index is 6.15. The molecule has 1 aliphatic heterocycles. The van der Waals surface area contributed by atoms with Gasteiger partial charge in [-0.15, -0.1) is 11.6 Å². The number of hydrogen-bond donors (Lipinski definition) is 0. The Morgan fingerprint density at radius 1 is 1.56 bits per heavy atom. The van der Waals surface area contributed by atoms with Crippen molar-refractivity contribution in [3.8, 4) is 5.88 Å². The second kappa shape index (κ2) is 5.51. The molecule has 1 saturated heterocycles. The van der Waals surface area contributed by atoms with Crippen LogP contribution < -0.4 is 4.74 Å². The topological polar surface area (TPSA) is 25.4 Å². The molecule has 0 saturated carbocycles. The first-order valence-electron chi connectivity index (χ1n) is 5.63. The van der Waals surface area contributed by atoms with Crippen molar-refractivity contribution >= 4 is 11.6 Å². The molecule has 0 aromatic carbocycles. The molecule has 2 rings (SSSR count). The van der Waals surface area contributed by atoms with Crippen molar-refractivity contribution in [3.63, 3.8) is 0 Å². The van der Waals surface area contributed by atoms with E-state index in [0.717, 1.165) is 26.1 Å². The number of rotatable bonds is 3. The fraction of sp³-hybridized carbons (Fsp3) is 0.583. The summed E-state index contributed by atoms with van der Waals surface area (Å²) in [5.74, 6) is 0.664. The fourth-order valence-electron chi connectivity index (χ4n) is 2.03. The van der Waals surface area contributed by atoms with E-state index < -0.39 is 0 Å². The lowest BCUT2D eigenvalue weighted by molar-refractivity contribution is 0.224. The van der Waals surface area contributed by atoms with Crippen LogP contribution in [0.3, 0.4) is 0 Å². The Balaban J connectivity index is 1.92. The highest BCUT2D eigenvalue weighted by Gasteiger charge is 2.17. The van der Waals surface area contributed by atoms with Gasteiger partial charge < -0.3 is 4.74 Å². The van der Waals surface area contributed by atoms with Gasteiger partial charge in [0.15, 0.2) is 0 Å². The molecule has 4 heteroatoms. The molecule has 0 aliphatic carbocycles. The van der Waals surface area contributed by atoms with Gasteiger partial charge in [0.2, 0.25) is 5.88 Å². The lowest BCUT2D eigenvalue weighted by Crippen LogP contribution is -2.35. The minimum absolute atomic E-state index is 0.306. The Morgan fingerprint density at radius 3 is 3.06 bits per heavy atom. The Morgan fingerprint density at radius 2 is 2.44 bits per heavy atom. The normalized spacial score (nSPS) is 22.0. The predicted octanol–water partition coefficient (Wildman–Crippen LogP) is 2.29. The molecule has 1 unspecified atom stereocenters. The van der Waals surface area contributed by atoms with E-state index in [-0.39, 0.29) is 0 Å². The molecule has 0 N–H and O–H groups in total. The maximum Gasteiger partial charge on any atom is 0.212 e. The third-order valence-electron chi connectivity index (χ3n) is 2.86. The number of nitrogens with zero attached hydrogens (tertiary/aromatic N) is 2. The second-order valence-electron chi connectivity index (χ2n) is 4.18. The molecular weight excluding hydrogens is 224 g/mol. The average molecular weight is 241 g/mol. The summed E-state index contributed by atoms with van der Waals surface area (Å²) >= 11 is 6.15. The molecule has 0 bridgehead atoms. The van der Waals surface area contributed by atoms with Gasteiger partial charge in [0.1, 0.15) is 0 Å². The number of alkyl halides is 1. The van der Waals surface area contributed by atoms with Crippen LogP contribution in [-0.4, -0.2) is 35.5 Å². The van der Waals surface area contributed by atoms with Gasteiger partial charge in [-0.25, -0.2) is 4.98 Å². The predicted molar refractivity (Wildman–Crippen MR) is 64.9 cm³/mol. The Bertz CT molecular complexity index is 328. The highest BCUT2D eigenvalue weighted by atomic mass is 35.5. The summed E-state index contributed by atoms with van der Waals surface area (Å²) in [4.78, 5) is 6.58. The smallest absolute Gasteiger partial charge is 0.212 e. The van der Waals surface area contributed by atoms with Crippen molar-refractivity contribution in [1.82, 2.24) is 9.88 Å². The number of piperidine rings is 1. The van der Waals surface area contributed by atoms with Crippen LogP contribution in [0.15, 0.2) is 18.3 Å². The van der Waals surface area contributed by atoms with Gasteiger partial charge in [0.05, 0.1) is 7.11 Å². The quantitative estimate of drug-likeness (QED) is 0.758. The first-order valence-corrected chi connectivity index (χ1v) is 6.07. The minimum atomic E-state index is 0.306. The molecule has 1 aliphatic rings. The van der Waals surface area contributed by atoms with E-state index in [4.69, 9.17) is 16.3 Å². The SMILES string of the molecule is COc1ccc(CN2CCCC(Cl)C2)cn1. The van der Waals surface area contributed by atoms with E-state index in [1.165, 1.54) is 12.0 Å². The molecule has 2 heterocycles. The molecule has 1 aromatic rings. The van der Waals surface area contributed by atoms with Crippen molar-refractivity contribution < 1.29 is 4.74 Å². The van der Waals surface area contributed by atoms with Gasteiger partial charge in [-0.05, 0) is 24.9 Å². The zero-order valence-corrected chi connectivity index (χ0v) is 10.3. The van der Waals surface area contributed by atoms with Gasteiger partial charge in [-0.3, -0.25) is 4.90 Å². The number of aromatic nitrogens is 1. The second-order valence-corrected chi connectivity index (χ2v) is 4.80. The van der Waals surface area contributed by atoms with Crippen molar-refractivity contribution in [3.05, 3.63) is 23.9 Å². The third kappa shape index (κ3) is 3.09. The maximum absolute atomic E-state index is 6.15. The molecule has 3 nitrogen and oxygen atoms in total. The zero-order chi connectivity index (χ0) is 11.4. The Hall–Kier alpha value is -0.800. The molecule has 1 aromatic heterocycles. The first-order chi connectivity index (χ1) is 7.78. The van der Waals surface area contributed by atoms with Crippen LogP contribution in [0.5, 0.6) is 5.88 Å². The minimum Gasteiger partial charge on any atom is -0.481 e. The fourth-order valence-corrected chi connectivity index (χ4v) is 2.38. The summed E-state index contributed by atoms with van der Waals surface area (Å²) in [7, 11) is 1.63. The van der Waals surface area contributed by atoms with E-state index >= 15 is 0 Å². The Kier molecular flexibility index (Phi) is 4.02. The average Bonchev–Trinajstić information content (AvgIpc) is 2.30. The monoisotopic (exact) mass is 240 g/mol. The van der Waals surface area contributed by atoms with E-state index in [1.807, 2.05) is 12.3 Å². The molecule has 0 amide bonds. The van der Waals surface area contributed by atoms with Gasteiger partial charge in [0.25, 0.3) is 0 Å². The van der Waals surface area contributed by atoms with Crippen LogP contribution in [0.2, 0.25) is 0 Å². The highest BCUT2D eigenvalue weighted by molar-refractivity contribution is 6.20. The summed E-state index contributed by atoms with van der Waals surface area (Å²) in [6.07, 6.45) is 4.20. The summed E-state index contributed by atoms with van der Waals surface area (Å²) in [5, 5.41) is 0.306. The van der Waals surface area contributed by atoms with Gasteiger partial charge in [0, 0.05) is 30.7 Å². The van der Waals surface area contributed by atoms with Gasteiger partial charge in [-0.1, -0.05) is 6.07 Å². The molecule has 0 radical (unpaired) electrons. The van der Waals surface area contributed by atoms with E-state index in [2.05, 4.69) is 16.0 Å². The van der Waals surface area contributed by atoms with Gasteiger partial charge >= 0.3 is 0 Å². The van der Waals surface area contributed by atoms with Crippen molar-refractivity contribution in [2.45, 2.75) is 24.8 Å². The first kappa shape index (κ1) is 11.7. The van der Waals surface area contributed by atoms with Crippen LogP contribution in [0.1, 0.15) is 18.4 Å². The third-order valence-corrected chi connectivity index (χ3v) is 3.22. The Labute approximate surface area is 101 Å². The summed E-state index contributed by atoms with van der Waals surface area (Å²) in [6, 6.07) is 3.96. The number of methoxy groups -OCH3 is 1. The van der Waals surface area contributed by atoms with E-state index in [0.29, 0.717) is 11.3 Å². The number of halogens is 1. The summed E-state index contributed by atoms with van der Waals surface area (Å²) in [6.45, 7) is 3.04. The van der Waals surface area contributed by atoms with Crippen LogP contribution in [0, 0.1) is 0 Å². The van der Waals surface area contributed by atoms with Crippen LogP contribution >= 0.6 is 11.6 Å². The van der Waals surface area contributed by atoms with E-state index in [1.54, 1.807) is 7.11 Å². The molecule has 88 valence electrons. The van der Waals surface area contributed by atoms with Crippen molar-refractivity contribution in [2.24, 2.45) is 0 Å². The zero-order valence-electron chi connectivity index (χ0n) is 9.53. The molecule has 1 fully saturated rings. The molecule has 1 atom stereocenters. The van der Waals surface area contributed by atoms with Crippen LogP contribution in [0.25, 0.3) is 0 Å². The number of hydrogen-bond acceptors (Lipinski definition) is 3. The largest absolute Gasteiger partial charge is 0.481 e. The summed E-state index contributed by atoms with van der Waals surface area (Å²) in [5.41, 5.74) is 1.21. The van der Waals surface area contributed by atoms with E-state index in [9.17, 15) is 0 Å².